The second-order valence-corrected chi connectivity index (χ2v) is 12.8. The van der Waals surface area contributed by atoms with Crippen molar-refractivity contribution < 1.29 is 9.53 Å². The molecule has 0 N–H and O–H groups in total. The molecular formula is C19H32O2P+. The molecule has 4 fully saturated rings. The Labute approximate surface area is 136 Å². The molecule has 0 amide bonds. The minimum absolute atomic E-state index is 0.0497. The van der Waals surface area contributed by atoms with Crippen molar-refractivity contribution in [3.8, 4) is 0 Å². The standard InChI is InChI=1S/C19H32O2P/c20-18-12-14-19(21-18)13-7-15-22(19,16-8-3-1-4-9-16)17-10-5-2-6-11-17/h16-17H,1-15H2/q+1. The first-order chi connectivity index (χ1) is 10.8. The van der Waals surface area contributed by atoms with Gasteiger partial charge in [-0.25, -0.2) is 0 Å². The Hall–Kier alpha value is -0.100. The van der Waals surface area contributed by atoms with Crippen molar-refractivity contribution in [1.82, 2.24) is 0 Å². The lowest BCUT2D eigenvalue weighted by molar-refractivity contribution is -0.143. The zero-order valence-corrected chi connectivity index (χ0v) is 14.9. The third-order valence-corrected chi connectivity index (χ3v) is 14.1. The third-order valence-electron chi connectivity index (χ3n) is 7.33. The van der Waals surface area contributed by atoms with Gasteiger partial charge in [-0.05, 0) is 57.8 Å². The van der Waals surface area contributed by atoms with Gasteiger partial charge in [0.15, 0.2) is 0 Å². The van der Waals surface area contributed by atoms with E-state index in [1.165, 1.54) is 83.2 Å². The lowest BCUT2D eigenvalue weighted by atomic mass is 9.99. The summed E-state index contributed by atoms with van der Waals surface area (Å²) in [5.41, 5.74) is 1.88. The van der Waals surface area contributed by atoms with Crippen LogP contribution in [0.1, 0.15) is 89.9 Å². The van der Waals surface area contributed by atoms with E-state index in [4.69, 9.17) is 4.74 Å². The Kier molecular flexibility index (Phi) is 4.26. The molecule has 2 aliphatic carbocycles. The summed E-state index contributed by atoms with van der Waals surface area (Å²) >= 11 is 0. The molecule has 124 valence electrons. The van der Waals surface area contributed by atoms with Crippen LogP contribution in [0, 0.1) is 0 Å². The van der Waals surface area contributed by atoms with Crippen LogP contribution in [-0.4, -0.2) is 28.8 Å². The van der Waals surface area contributed by atoms with Gasteiger partial charge in [0.25, 0.3) is 0 Å². The van der Waals surface area contributed by atoms with Crippen molar-refractivity contribution in [2.24, 2.45) is 0 Å². The highest BCUT2D eigenvalue weighted by Crippen LogP contribution is 2.85. The van der Waals surface area contributed by atoms with Crippen LogP contribution in [0.2, 0.25) is 0 Å². The van der Waals surface area contributed by atoms with E-state index in [1.807, 2.05) is 0 Å². The number of hydrogen-bond acceptors (Lipinski definition) is 2. The Balaban J connectivity index is 1.71. The molecule has 22 heavy (non-hydrogen) atoms. The first-order valence-electron chi connectivity index (χ1n) is 9.86. The van der Waals surface area contributed by atoms with Crippen LogP contribution in [0.5, 0.6) is 0 Å². The van der Waals surface area contributed by atoms with Crippen molar-refractivity contribution in [2.45, 2.75) is 107 Å². The second-order valence-electron chi connectivity index (χ2n) is 8.26. The van der Waals surface area contributed by atoms with Crippen LogP contribution in [0.3, 0.4) is 0 Å². The molecule has 2 saturated carbocycles. The average Bonchev–Trinajstić information content (AvgIpc) is 3.14. The van der Waals surface area contributed by atoms with E-state index in [9.17, 15) is 4.79 Å². The summed E-state index contributed by atoms with van der Waals surface area (Å²) in [6, 6.07) is 0. The first kappa shape index (κ1) is 15.4. The number of ether oxygens (including phenoxy) is 1. The van der Waals surface area contributed by atoms with E-state index in [0.29, 0.717) is 6.42 Å². The maximum absolute atomic E-state index is 12.1. The molecular weight excluding hydrogens is 291 g/mol. The Bertz CT molecular complexity index is 405. The quantitative estimate of drug-likeness (QED) is 0.495. The van der Waals surface area contributed by atoms with Crippen LogP contribution in [0.15, 0.2) is 0 Å². The first-order valence-corrected chi connectivity index (χ1v) is 12.0. The molecule has 2 aliphatic heterocycles. The maximum Gasteiger partial charge on any atom is 0.309 e. The van der Waals surface area contributed by atoms with E-state index in [2.05, 4.69) is 0 Å². The minimum atomic E-state index is -1.16. The summed E-state index contributed by atoms with van der Waals surface area (Å²) in [5, 5.41) is 0.0497. The van der Waals surface area contributed by atoms with Crippen LogP contribution >= 0.6 is 7.26 Å². The minimum Gasteiger partial charge on any atom is -0.425 e. The fourth-order valence-corrected chi connectivity index (χ4v) is 14.2. The lowest BCUT2D eigenvalue weighted by Gasteiger charge is -2.48. The number of rotatable bonds is 2. The second kappa shape index (κ2) is 6.08. The van der Waals surface area contributed by atoms with Crippen LogP contribution in [0.25, 0.3) is 0 Å². The van der Waals surface area contributed by atoms with E-state index >= 15 is 0 Å². The number of carbonyl (C=O) groups is 1. The average molecular weight is 323 g/mol. The largest absolute Gasteiger partial charge is 0.425 e. The lowest BCUT2D eigenvalue weighted by Crippen LogP contribution is -2.41. The molecule has 2 saturated heterocycles. The molecule has 4 aliphatic rings. The molecule has 0 aromatic carbocycles. The topological polar surface area (TPSA) is 26.3 Å². The monoisotopic (exact) mass is 323 g/mol. The summed E-state index contributed by atoms with van der Waals surface area (Å²) < 4.78 is 6.24. The zero-order chi connectivity index (χ0) is 15.0. The molecule has 3 heteroatoms. The van der Waals surface area contributed by atoms with Crippen LogP contribution in [0.4, 0.5) is 0 Å². The summed E-state index contributed by atoms with van der Waals surface area (Å²) in [7, 11) is -1.16. The van der Waals surface area contributed by atoms with Gasteiger partial charge in [-0.3, -0.25) is 4.79 Å². The van der Waals surface area contributed by atoms with Gasteiger partial charge in [-0.15, -0.1) is 0 Å². The fourth-order valence-electron chi connectivity index (χ4n) is 6.52. The molecule has 0 aromatic rings. The summed E-state index contributed by atoms with van der Waals surface area (Å²) in [4.78, 5) is 12.1. The predicted octanol–water partition coefficient (Wildman–Crippen LogP) is 5.50. The molecule has 0 aromatic heterocycles. The predicted molar refractivity (Wildman–Crippen MR) is 92.8 cm³/mol. The van der Waals surface area contributed by atoms with E-state index < -0.39 is 7.26 Å². The number of carbonyl (C=O) groups excluding carboxylic acids is 1. The molecule has 0 radical (unpaired) electrons. The highest BCUT2D eigenvalue weighted by molar-refractivity contribution is 7.78. The normalized spacial score (nSPS) is 36.8. The third kappa shape index (κ3) is 2.27. The van der Waals surface area contributed by atoms with Crippen molar-refractivity contribution >= 4 is 13.2 Å². The fraction of sp³-hybridized carbons (Fsp3) is 0.947. The van der Waals surface area contributed by atoms with Crippen molar-refractivity contribution in [3.63, 3.8) is 0 Å². The number of esters is 1. The highest BCUT2D eigenvalue weighted by Gasteiger charge is 2.71. The van der Waals surface area contributed by atoms with Crippen LogP contribution in [-0.2, 0) is 9.53 Å². The van der Waals surface area contributed by atoms with Crippen LogP contribution < -0.4 is 0 Å². The Morgan fingerprint density at radius 3 is 1.91 bits per heavy atom. The zero-order valence-electron chi connectivity index (χ0n) is 14.0. The maximum atomic E-state index is 12.1. The van der Waals surface area contributed by atoms with Gasteiger partial charge in [0.05, 0.1) is 31.2 Å². The van der Waals surface area contributed by atoms with E-state index in [1.54, 1.807) is 0 Å². The molecule has 0 bridgehead atoms. The molecule has 1 unspecified atom stereocenters. The van der Waals surface area contributed by atoms with Gasteiger partial charge < -0.3 is 4.74 Å². The number of hydrogen-bond donors (Lipinski definition) is 0. The molecule has 2 heterocycles. The summed E-state index contributed by atoms with van der Waals surface area (Å²) in [6.45, 7) is 0. The van der Waals surface area contributed by atoms with Gasteiger partial charge in [-0.1, -0.05) is 12.8 Å². The molecule has 2 nitrogen and oxygen atoms in total. The Morgan fingerprint density at radius 1 is 0.818 bits per heavy atom. The van der Waals surface area contributed by atoms with Gasteiger partial charge in [-0.2, -0.15) is 0 Å². The molecule has 1 spiro atoms. The van der Waals surface area contributed by atoms with Crippen molar-refractivity contribution in [1.29, 1.82) is 0 Å². The van der Waals surface area contributed by atoms with E-state index in [0.717, 1.165) is 17.7 Å². The Morgan fingerprint density at radius 2 is 1.41 bits per heavy atom. The van der Waals surface area contributed by atoms with Gasteiger partial charge in [0, 0.05) is 12.8 Å². The van der Waals surface area contributed by atoms with E-state index in [-0.39, 0.29) is 11.3 Å². The summed E-state index contributed by atoms with van der Waals surface area (Å²) in [5.74, 6) is 0.123. The smallest absolute Gasteiger partial charge is 0.309 e. The molecule has 4 rings (SSSR count). The highest BCUT2D eigenvalue weighted by atomic mass is 31.2. The van der Waals surface area contributed by atoms with Gasteiger partial charge >= 0.3 is 5.97 Å². The van der Waals surface area contributed by atoms with Crippen molar-refractivity contribution in [2.75, 3.05) is 6.16 Å². The SMILES string of the molecule is O=C1CCC2(CCC[P+]2(C2CCCCC2)C2CCCCC2)O1. The van der Waals surface area contributed by atoms with Gasteiger partial charge in [0.2, 0.25) is 5.34 Å². The summed E-state index contributed by atoms with van der Waals surface area (Å²) in [6.07, 6.45) is 20.2. The molecule has 1 atom stereocenters. The van der Waals surface area contributed by atoms with Crippen molar-refractivity contribution in [3.05, 3.63) is 0 Å². The van der Waals surface area contributed by atoms with Gasteiger partial charge in [0.1, 0.15) is 0 Å².